The number of anilines is 2. The first-order chi connectivity index (χ1) is 26.2. The highest BCUT2D eigenvalue weighted by Gasteiger charge is 2.35. The number of nitrogens with two attached hydrogens (primary N) is 1. The summed E-state index contributed by atoms with van der Waals surface area (Å²) in [4.78, 5) is 50.7. The summed E-state index contributed by atoms with van der Waals surface area (Å²) in [5.41, 5.74) is 11.3. The minimum Gasteiger partial charge on any atom is -0.383 e. The van der Waals surface area contributed by atoms with E-state index in [1.54, 1.807) is 43.0 Å². The highest BCUT2D eigenvalue weighted by atomic mass is 19.1. The topological polar surface area (TPSA) is 132 Å². The van der Waals surface area contributed by atoms with E-state index in [2.05, 4.69) is 27.4 Å². The molecule has 1 aliphatic carbocycles. The molecule has 3 fully saturated rings. The molecule has 0 spiro atoms. The van der Waals surface area contributed by atoms with Crippen molar-refractivity contribution in [2.24, 2.45) is 17.8 Å². The number of hydrogen-bond acceptors (Lipinski definition) is 7. The fourth-order valence-electron chi connectivity index (χ4n) is 7.41. The zero-order valence-electron chi connectivity index (χ0n) is 30.3. The number of hydrogen-bond donors (Lipinski definition) is 2. The quantitative estimate of drug-likeness (QED) is 0.163. The number of carbonyl (C=O) groups excluding carboxylic acids is 2. The van der Waals surface area contributed by atoms with Crippen molar-refractivity contribution < 1.29 is 18.7 Å². The maximum atomic E-state index is 15.8. The molecule has 54 heavy (non-hydrogen) atoms. The Morgan fingerprint density at radius 1 is 0.870 bits per heavy atom. The van der Waals surface area contributed by atoms with Crippen LogP contribution in [0.5, 0.6) is 0 Å². The number of nitrogens with zero attached hydrogens (tertiary/aromatic N) is 4. The molecular weight excluding hydrogens is 684 g/mol. The van der Waals surface area contributed by atoms with Crippen molar-refractivity contribution in [2.75, 3.05) is 37.4 Å². The molecule has 11 heteroatoms. The molecule has 3 N–H and O–H groups in total. The van der Waals surface area contributed by atoms with Crippen molar-refractivity contribution in [1.82, 2.24) is 19.4 Å². The number of nitrogens with one attached hydrogen (secondary N) is 1. The van der Waals surface area contributed by atoms with E-state index in [9.17, 15) is 14.4 Å². The van der Waals surface area contributed by atoms with Crippen LogP contribution >= 0.6 is 0 Å². The van der Waals surface area contributed by atoms with Crippen LogP contribution in [-0.4, -0.2) is 57.6 Å². The zero-order valence-corrected chi connectivity index (χ0v) is 30.3. The molecule has 2 saturated heterocycles. The Balaban J connectivity index is 0.950. The van der Waals surface area contributed by atoms with Gasteiger partial charge in [-0.2, -0.15) is 0 Å². The van der Waals surface area contributed by atoms with Crippen LogP contribution in [0.15, 0.2) is 90.2 Å². The number of ether oxygens (including phenoxy) is 1. The van der Waals surface area contributed by atoms with Crippen molar-refractivity contribution >= 4 is 23.3 Å². The predicted molar refractivity (Wildman–Crippen MR) is 206 cm³/mol. The Morgan fingerprint density at radius 3 is 2.35 bits per heavy atom. The number of aromatic nitrogens is 3. The summed E-state index contributed by atoms with van der Waals surface area (Å²) >= 11 is 0. The van der Waals surface area contributed by atoms with E-state index in [-0.39, 0.29) is 34.5 Å². The molecular formula is C43H43FN6O4. The van der Waals surface area contributed by atoms with Gasteiger partial charge in [-0.3, -0.25) is 19.4 Å². The SMILES string of the molecule is Cc1ccc(-c2cn(CC3CC3)cc(C(=O)Nc3ccc(-c4cc(-c5ccc(CC6CN(C(=O)C7CCOCC7)C6)cc5)cnc4N)c(F)c3)c2=O)nc1. The smallest absolute Gasteiger partial charge is 0.261 e. The standard InChI is InChI=1S/C43H43FN6O4/c1-26-2-11-39(46-19-26)36-24-49(21-28-3-4-28)25-37(40(36)51)42(52)48-33-9-10-34(38(44)18-33)35-17-32(20-47-41(35)45)30-7-5-27(6-8-30)16-29-22-50(23-29)43(53)31-12-14-54-15-13-31/h2,5-11,17-20,24-25,28-29,31H,3-4,12-16,21-23H2,1H3,(H2,45,47)(H,48,52). The van der Waals surface area contributed by atoms with Crippen LogP contribution in [0.4, 0.5) is 15.9 Å². The van der Waals surface area contributed by atoms with Crippen LogP contribution in [0.25, 0.3) is 33.5 Å². The molecule has 2 aliphatic heterocycles. The average Bonchev–Trinajstić information content (AvgIpc) is 3.99. The third kappa shape index (κ3) is 7.68. The Kier molecular flexibility index (Phi) is 9.81. The highest BCUT2D eigenvalue weighted by Crippen LogP contribution is 2.34. The number of amides is 2. The molecule has 3 aromatic heterocycles. The summed E-state index contributed by atoms with van der Waals surface area (Å²) in [5.74, 6) is 0.255. The number of likely N-dealkylation sites (tertiary alicyclic amines) is 1. The Bertz CT molecular complexity index is 2260. The van der Waals surface area contributed by atoms with Crippen LogP contribution in [0.1, 0.15) is 47.2 Å². The molecule has 2 aromatic carbocycles. The number of rotatable bonds is 10. The number of aryl methyl sites for hydroxylation is 1. The summed E-state index contributed by atoms with van der Waals surface area (Å²) < 4.78 is 23.1. The maximum absolute atomic E-state index is 15.8. The van der Waals surface area contributed by atoms with Crippen LogP contribution < -0.4 is 16.5 Å². The Labute approximate surface area is 313 Å². The van der Waals surface area contributed by atoms with E-state index >= 15 is 4.39 Å². The first-order valence-electron chi connectivity index (χ1n) is 18.7. The minimum atomic E-state index is -0.629. The number of halogens is 1. The minimum absolute atomic E-state index is 0.0393. The molecule has 2 amide bonds. The highest BCUT2D eigenvalue weighted by molar-refractivity contribution is 6.04. The van der Waals surface area contributed by atoms with Gasteiger partial charge < -0.3 is 25.3 Å². The van der Waals surface area contributed by atoms with Crippen LogP contribution in [0, 0.1) is 30.5 Å². The number of pyridine rings is 3. The van der Waals surface area contributed by atoms with E-state index in [4.69, 9.17) is 10.5 Å². The van der Waals surface area contributed by atoms with E-state index in [1.165, 1.54) is 11.6 Å². The number of nitrogen functional groups attached to an aromatic ring is 1. The second-order valence-electron chi connectivity index (χ2n) is 15.0. The molecule has 5 heterocycles. The van der Waals surface area contributed by atoms with Gasteiger partial charge in [-0.1, -0.05) is 30.3 Å². The average molecular weight is 727 g/mol. The summed E-state index contributed by atoms with van der Waals surface area (Å²) in [6, 6.07) is 18.0. The van der Waals surface area contributed by atoms with E-state index in [1.807, 2.05) is 40.7 Å². The van der Waals surface area contributed by atoms with Crippen molar-refractivity contribution in [1.29, 1.82) is 0 Å². The summed E-state index contributed by atoms with van der Waals surface area (Å²) in [5, 5.41) is 2.72. The number of benzene rings is 2. The third-order valence-corrected chi connectivity index (χ3v) is 10.8. The molecule has 0 unspecified atom stereocenters. The molecule has 276 valence electrons. The van der Waals surface area contributed by atoms with Gasteiger partial charge in [0.1, 0.15) is 17.2 Å². The lowest BCUT2D eigenvalue weighted by molar-refractivity contribution is -0.145. The van der Waals surface area contributed by atoms with Gasteiger partial charge in [0, 0.05) is 85.9 Å². The van der Waals surface area contributed by atoms with Gasteiger partial charge >= 0.3 is 0 Å². The van der Waals surface area contributed by atoms with E-state index in [0.29, 0.717) is 48.4 Å². The third-order valence-electron chi connectivity index (χ3n) is 10.8. The van der Waals surface area contributed by atoms with Crippen molar-refractivity contribution in [3.63, 3.8) is 0 Å². The fraction of sp³-hybridized carbons (Fsp3) is 0.326. The summed E-state index contributed by atoms with van der Waals surface area (Å²) in [7, 11) is 0. The second kappa shape index (κ2) is 15.0. The molecule has 0 atom stereocenters. The number of carbonyl (C=O) groups is 2. The second-order valence-corrected chi connectivity index (χ2v) is 15.0. The van der Waals surface area contributed by atoms with Gasteiger partial charge in [0.05, 0.1) is 11.3 Å². The van der Waals surface area contributed by atoms with Crippen LogP contribution in [0.2, 0.25) is 0 Å². The molecule has 1 saturated carbocycles. The fourth-order valence-corrected chi connectivity index (χ4v) is 7.41. The lowest BCUT2D eigenvalue weighted by atomic mass is 9.89. The van der Waals surface area contributed by atoms with Crippen molar-refractivity contribution in [3.05, 3.63) is 118 Å². The molecule has 3 aliphatic rings. The predicted octanol–water partition coefficient (Wildman–Crippen LogP) is 6.76. The first kappa shape index (κ1) is 35.4. The normalized spacial score (nSPS) is 16.2. The molecule has 8 rings (SSSR count). The first-order valence-corrected chi connectivity index (χ1v) is 18.7. The lowest BCUT2D eigenvalue weighted by Crippen LogP contribution is -2.53. The Morgan fingerprint density at radius 2 is 1.65 bits per heavy atom. The van der Waals surface area contributed by atoms with Crippen molar-refractivity contribution in [2.45, 2.75) is 45.6 Å². The lowest BCUT2D eigenvalue weighted by Gasteiger charge is -2.41. The van der Waals surface area contributed by atoms with Gasteiger partial charge in [-0.05, 0) is 97.9 Å². The molecule has 0 radical (unpaired) electrons. The van der Waals surface area contributed by atoms with Crippen LogP contribution in [-0.2, 0) is 22.5 Å². The molecule has 5 aromatic rings. The van der Waals surface area contributed by atoms with Gasteiger partial charge in [-0.15, -0.1) is 0 Å². The molecule has 10 nitrogen and oxygen atoms in total. The summed E-state index contributed by atoms with van der Waals surface area (Å²) in [6.45, 7) is 5.53. The van der Waals surface area contributed by atoms with Crippen molar-refractivity contribution in [3.8, 4) is 33.5 Å². The van der Waals surface area contributed by atoms with Gasteiger partial charge in [0.2, 0.25) is 11.3 Å². The Hall–Kier alpha value is -5.68. The van der Waals surface area contributed by atoms with E-state index in [0.717, 1.165) is 61.9 Å². The zero-order chi connectivity index (χ0) is 37.3. The maximum Gasteiger partial charge on any atom is 0.261 e. The van der Waals surface area contributed by atoms with Gasteiger partial charge in [0.25, 0.3) is 5.91 Å². The molecule has 0 bridgehead atoms. The summed E-state index contributed by atoms with van der Waals surface area (Å²) in [6.07, 6.45) is 11.4. The monoisotopic (exact) mass is 726 g/mol. The van der Waals surface area contributed by atoms with Gasteiger partial charge in [0.15, 0.2) is 0 Å². The van der Waals surface area contributed by atoms with E-state index < -0.39 is 17.2 Å². The largest absolute Gasteiger partial charge is 0.383 e. The van der Waals surface area contributed by atoms with Crippen LogP contribution in [0.3, 0.4) is 0 Å². The van der Waals surface area contributed by atoms with Gasteiger partial charge in [-0.25, -0.2) is 9.37 Å².